The lowest BCUT2D eigenvalue weighted by Gasteiger charge is -2.07. The van der Waals surface area contributed by atoms with Crippen molar-refractivity contribution in [2.75, 3.05) is 19.7 Å². The second-order valence-corrected chi connectivity index (χ2v) is 3.37. The summed E-state index contributed by atoms with van der Waals surface area (Å²) in [5.41, 5.74) is 0.541. The van der Waals surface area contributed by atoms with Crippen LogP contribution in [0.25, 0.3) is 0 Å². The van der Waals surface area contributed by atoms with Crippen LogP contribution in [0.15, 0.2) is 18.2 Å². The van der Waals surface area contributed by atoms with Crippen molar-refractivity contribution in [3.63, 3.8) is 0 Å². The van der Waals surface area contributed by atoms with Crippen LogP contribution in [0.5, 0.6) is 5.75 Å². The summed E-state index contributed by atoms with van der Waals surface area (Å²) in [6.07, 6.45) is 0. The van der Waals surface area contributed by atoms with Crippen LogP contribution in [0, 0.1) is 11.3 Å². The molecule has 80 valence electrons. The molecule has 1 rings (SSSR count). The van der Waals surface area contributed by atoms with Gasteiger partial charge in [-0.25, -0.2) is 0 Å². The van der Waals surface area contributed by atoms with Gasteiger partial charge in [-0.3, -0.25) is 0 Å². The fourth-order valence-corrected chi connectivity index (χ4v) is 1.33. The van der Waals surface area contributed by atoms with Crippen molar-refractivity contribution >= 4 is 11.6 Å². The highest BCUT2D eigenvalue weighted by Gasteiger charge is 2.02. The highest BCUT2D eigenvalue weighted by molar-refractivity contribution is 6.32. The molecule has 15 heavy (non-hydrogen) atoms. The number of nitriles is 1. The standard InChI is InChI=1S/C11H13ClN2O/c1-2-14-5-6-15-11-4-3-9(8-13)7-10(11)12/h3-4,7,14H,2,5-6H2,1H3. The quantitative estimate of drug-likeness (QED) is 0.780. The topological polar surface area (TPSA) is 45.0 Å². The molecule has 0 amide bonds. The van der Waals surface area contributed by atoms with Crippen molar-refractivity contribution in [2.45, 2.75) is 6.92 Å². The van der Waals surface area contributed by atoms with Gasteiger partial charge in [0.25, 0.3) is 0 Å². The van der Waals surface area contributed by atoms with Crippen LogP contribution in [0.1, 0.15) is 12.5 Å². The molecule has 0 bridgehead atoms. The van der Waals surface area contributed by atoms with Crippen molar-refractivity contribution in [2.24, 2.45) is 0 Å². The normalized spacial score (nSPS) is 9.67. The van der Waals surface area contributed by atoms with E-state index in [1.54, 1.807) is 18.2 Å². The first-order valence-electron chi connectivity index (χ1n) is 4.81. The maximum Gasteiger partial charge on any atom is 0.138 e. The molecule has 0 aliphatic carbocycles. The van der Waals surface area contributed by atoms with Crippen LogP contribution in [0.4, 0.5) is 0 Å². The van der Waals surface area contributed by atoms with E-state index in [-0.39, 0.29) is 0 Å². The number of hydrogen-bond acceptors (Lipinski definition) is 3. The molecule has 0 spiro atoms. The molecule has 0 aromatic heterocycles. The van der Waals surface area contributed by atoms with Gasteiger partial charge in [0, 0.05) is 6.54 Å². The minimum Gasteiger partial charge on any atom is -0.491 e. The molecule has 0 heterocycles. The number of nitrogens with one attached hydrogen (secondary N) is 1. The van der Waals surface area contributed by atoms with Gasteiger partial charge >= 0.3 is 0 Å². The molecule has 0 unspecified atom stereocenters. The summed E-state index contributed by atoms with van der Waals surface area (Å²) >= 11 is 5.92. The SMILES string of the molecule is CCNCCOc1ccc(C#N)cc1Cl. The second kappa shape index (κ2) is 6.28. The average Bonchev–Trinajstić information content (AvgIpc) is 2.26. The molecule has 1 N–H and O–H groups in total. The summed E-state index contributed by atoms with van der Waals surface area (Å²) in [4.78, 5) is 0. The molecule has 3 nitrogen and oxygen atoms in total. The Morgan fingerprint density at radius 3 is 2.93 bits per heavy atom. The van der Waals surface area contributed by atoms with E-state index < -0.39 is 0 Å². The van der Waals surface area contributed by atoms with Gasteiger partial charge in [0.05, 0.1) is 16.7 Å². The smallest absolute Gasteiger partial charge is 0.138 e. The Hall–Kier alpha value is -1.24. The lowest BCUT2D eigenvalue weighted by molar-refractivity contribution is 0.315. The van der Waals surface area contributed by atoms with Crippen LogP contribution in [0.2, 0.25) is 5.02 Å². The monoisotopic (exact) mass is 224 g/mol. The summed E-state index contributed by atoms with van der Waals surface area (Å²) in [6.45, 7) is 4.31. The van der Waals surface area contributed by atoms with Crippen molar-refractivity contribution in [3.05, 3.63) is 28.8 Å². The van der Waals surface area contributed by atoms with E-state index in [0.29, 0.717) is 22.9 Å². The van der Waals surface area contributed by atoms with E-state index in [2.05, 4.69) is 5.32 Å². The highest BCUT2D eigenvalue weighted by atomic mass is 35.5. The van der Waals surface area contributed by atoms with Crippen LogP contribution < -0.4 is 10.1 Å². The van der Waals surface area contributed by atoms with E-state index in [9.17, 15) is 0 Å². The highest BCUT2D eigenvalue weighted by Crippen LogP contribution is 2.24. The zero-order chi connectivity index (χ0) is 11.1. The fraction of sp³-hybridized carbons (Fsp3) is 0.364. The Balaban J connectivity index is 2.52. The molecule has 0 saturated heterocycles. The summed E-state index contributed by atoms with van der Waals surface area (Å²) in [6, 6.07) is 7.02. The molecule has 0 aliphatic heterocycles. The van der Waals surface area contributed by atoms with E-state index in [4.69, 9.17) is 21.6 Å². The van der Waals surface area contributed by atoms with E-state index in [1.807, 2.05) is 13.0 Å². The van der Waals surface area contributed by atoms with Gasteiger partial charge in [-0.2, -0.15) is 5.26 Å². The second-order valence-electron chi connectivity index (χ2n) is 2.96. The Labute approximate surface area is 94.6 Å². The van der Waals surface area contributed by atoms with Crippen molar-refractivity contribution < 1.29 is 4.74 Å². The first-order valence-corrected chi connectivity index (χ1v) is 5.19. The Morgan fingerprint density at radius 1 is 1.53 bits per heavy atom. The van der Waals surface area contributed by atoms with Gasteiger partial charge in [-0.05, 0) is 24.7 Å². The fourth-order valence-electron chi connectivity index (χ4n) is 1.10. The number of likely N-dealkylation sites (N-methyl/N-ethyl adjacent to an activating group) is 1. The van der Waals surface area contributed by atoms with Gasteiger partial charge in [-0.1, -0.05) is 18.5 Å². The van der Waals surface area contributed by atoms with E-state index >= 15 is 0 Å². The maximum absolute atomic E-state index is 8.64. The zero-order valence-electron chi connectivity index (χ0n) is 8.59. The first kappa shape index (κ1) is 11.8. The zero-order valence-corrected chi connectivity index (χ0v) is 9.34. The lowest BCUT2D eigenvalue weighted by Crippen LogP contribution is -2.20. The summed E-state index contributed by atoms with van der Waals surface area (Å²) in [5, 5.41) is 12.3. The van der Waals surface area contributed by atoms with Crippen LogP contribution in [-0.4, -0.2) is 19.7 Å². The number of nitrogens with zero attached hydrogens (tertiary/aromatic N) is 1. The molecular formula is C11H13ClN2O. The lowest BCUT2D eigenvalue weighted by atomic mass is 10.2. The molecule has 0 fully saturated rings. The van der Waals surface area contributed by atoms with E-state index in [0.717, 1.165) is 13.1 Å². The third-order valence-electron chi connectivity index (χ3n) is 1.85. The third kappa shape index (κ3) is 3.78. The summed E-state index contributed by atoms with van der Waals surface area (Å²) in [7, 11) is 0. The van der Waals surface area contributed by atoms with Crippen LogP contribution in [-0.2, 0) is 0 Å². The maximum atomic E-state index is 8.64. The number of benzene rings is 1. The predicted molar refractivity (Wildman–Crippen MR) is 60.2 cm³/mol. The van der Waals surface area contributed by atoms with Gasteiger partial charge < -0.3 is 10.1 Å². The number of halogens is 1. The molecule has 1 aromatic rings. The molecule has 0 radical (unpaired) electrons. The largest absolute Gasteiger partial charge is 0.491 e. The molecule has 4 heteroatoms. The number of rotatable bonds is 5. The third-order valence-corrected chi connectivity index (χ3v) is 2.14. The van der Waals surface area contributed by atoms with Crippen molar-refractivity contribution in [3.8, 4) is 11.8 Å². The first-order chi connectivity index (χ1) is 7.27. The van der Waals surface area contributed by atoms with Gasteiger partial charge in [0.2, 0.25) is 0 Å². The summed E-state index contributed by atoms with van der Waals surface area (Å²) in [5.74, 6) is 0.619. The molecule has 0 atom stereocenters. The van der Waals surface area contributed by atoms with Crippen LogP contribution >= 0.6 is 11.6 Å². The van der Waals surface area contributed by atoms with Crippen LogP contribution in [0.3, 0.4) is 0 Å². The molecule has 1 aromatic carbocycles. The Bertz CT molecular complexity index is 360. The van der Waals surface area contributed by atoms with Crippen molar-refractivity contribution in [1.29, 1.82) is 5.26 Å². The van der Waals surface area contributed by atoms with E-state index in [1.165, 1.54) is 0 Å². The molecular weight excluding hydrogens is 212 g/mol. The predicted octanol–water partition coefficient (Wildman–Crippen LogP) is 2.20. The number of ether oxygens (including phenoxy) is 1. The Morgan fingerprint density at radius 2 is 2.33 bits per heavy atom. The summed E-state index contributed by atoms with van der Waals surface area (Å²) < 4.78 is 5.43. The molecule has 0 aliphatic rings. The average molecular weight is 225 g/mol. The van der Waals surface area contributed by atoms with Gasteiger partial charge in [0.1, 0.15) is 12.4 Å². The van der Waals surface area contributed by atoms with Gasteiger partial charge in [0.15, 0.2) is 0 Å². The molecule has 0 saturated carbocycles. The Kier molecular flexibility index (Phi) is 4.96. The minimum atomic E-state index is 0.477. The van der Waals surface area contributed by atoms with Gasteiger partial charge in [-0.15, -0.1) is 0 Å². The van der Waals surface area contributed by atoms with Crippen molar-refractivity contribution in [1.82, 2.24) is 5.32 Å². The number of hydrogen-bond donors (Lipinski definition) is 1. The minimum absolute atomic E-state index is 0.477.